The quantitative estimate of drug-likeness (QED) is 0.144. The zero-order chi connectivity index (χ0) is 33.0. The molecule has 3 aliphatic heterocycles. The number of benzene rings is 3. The van der Waals surface area contributed by atoms with Gasteiger partial charge < -0.3 is 14.4 Å². The molecule has 0 bridgehead atoms. The normalized spacial score (nSPS) is 19.1. The Labute approximate surface area is 286 Å². The van der Waals surface area contributed by atoms with Crippen LogP contribution in [0.4, 0.5) is 0 Å². The largest absolute Gasteiger partial charge is 0.483 e. The van der Waals surface area contributed by atoms with Gasteiger partial charge in [-0.05, 0) is 124 Å². The van der Waals surface area contributed by atoms with Gasteiger partial charge in [-0.15, -0.1) is 0 Å². The molecule has 0 saturated carbocycles. The molecule has 6 heteroatoms. The molecule has 3 aromatic carbocycles. The number of hydrogen-bond donors (Lipinski definition) is 0. The predicted octanol–water partition coefficient (Wildman–Crippen LogP) is 9.10. The van der Waals surface area contributed by atoms with Crippen LogP contribution in [0.5, 0.6) is 11.5 Å². The van der Waals surface area contributed by atoms with Gasteiger partial charge in [-0.2, -0.15) is 0 Å². The number of carbonyl (C=O) groups is 1. The molecule has 0 aromatic heterocycles. The van der Waals surface area contributed by atoms with Gasteiger partial charge in [0.1, 0.15) is 17.1 Å². The number of fused-ring (bicyclic) bond motifs is 2. The van der Waals surface area contributed by atoms with E-state index in [0.29, 0.717) is 12.2 Å². The van der Waals surface area contributed by atoms with Crippen LogP contribution in [0.15, 0.2) is 72.3 Å². The topological polar surface area (TPSA) is 42.0 Å². The molecule has 1 unspecified atom stereocenters. The van der Waals surface area contributed by atoms with Crippen LogP contribution >= 0.6 is 11.6 Å². The number of likely N-dealkylation sites (tertiary alicyclic amines) is 1. The molecule has 0 spiro atoms. The van der Waals surface area contributed by atoms with E-state index < -0.39 is 5.60 Å². The molecular formula is C41H51ClN2O3. The number of carbonyl (C=O) groups excluding carboxylic acids is 1. The van der Waals surface area contributed by atoms with Crippen molar-refractivity contribution in [1.82, 2.24) is 9.80 Å². The fraction of sp³-hybridized carbons (Fsp3) is 0.488. The van der Waals surface area contributed by atoms with Crippen molar-refractivity contribution in [2.75, 3.05) is 39.3 Å². The van der Waals surface area contributed by atoms with Crippen LogP contribution < -0.4 is 9.47 Å². The van der Waals surface area contributed by atoms with Crippen LogP contribution in [0.1, 0.15) is 94.9 Å². The first kappa shape index (κ1) is 33.8. The van der Waals surface area contributed by atoms with Crippen LogP contribution in [0.2, 0.25) is 5.02 Å². The molecule has 6 rings (SSSR count). The molecule has 0 aliphatic carbocycles. The highest BCUT2D eigenvalue weighted by Gasteiger charge is 2.41. The first-order chi connectivity index (χ1) is 22.7. The molecule has 1 saturated heterocycles. The number of halogens is 1. The second-order valence-corrected chi connectivity index (χ2v) is 14.8. The van der Waals surface area contributed by atoms with Crippen LogP contribution in [-0.4, -0.2) is 60.6 Å². The van der Waals surface area contributed by atoms with Crippen LogP contribution in [-0.2, 0) is 16.6 Å². The average molecular weight is 655 g/mol. The van der Waals surface area contributed by atoms with Crippen molar-refractivity contribution in [2.45, 2.75) is 90.1 Å². The lowest BCUT2D eigenvalue weighted by Crippen LogP contribution is -2.43. The zero-order valence-corrected chi connectivity index (χ0v) is 29.5. The van der Waals surface area contributed by atoms with Gasteiger partial charge in [-0.25, -0.2) is 0 Å². The molecule has 1 fully saturated rings. The maximum absolute atomic E-state index is 13.6. The van der Waals surface area contributed by atoms with Gasteiger partial charge >= 0.3 is 5.97 Å². The summed E-state index contributed by atoms with van der Waals surface area (Å²) in [5.74, 6) is 1.27. The van der Waals surface area contributed by atoms with Crippen LogP contribution in [0.25, 0.3) is 5.57 Å². The first-order valence-electron chi connectivity index (χ1n) is 17.7. The minimum absolute atomic E-state index is 0.170. The number of esters is 1. The molecule has 0 amide bonds. The highest BCUT2D eigenvalue weighted by molar-refractivity contribution is 6.30. The van der Waals surface area contributed by atoms with E-state index in [-0.39, 0.29) is 11.4 Å². The molecular weight excluding hydrogens is 604 g/mol. The Balaban J connectivity index is 1.37. The summed E-state index contributed by atoms with van der Waals surface area (Å²) in [7, 11) is 0. The van der Waals surface area contributed by atoms with Crippen molar-refractivity contribution in [1.29, 1.82) is 0 Å². The number of hydrogen-bond acceptors (Lipinski definition) is 5. The summed E-state index contributed by atoms with van der Waals surface area (Å²) in [6, 6.07) is 23.3. The third kappa shape index (κ3) is 7.63. The van der Waals surface area contributed by atoms with E-state index in [1.54, 1.807) is 0 Å². The van der Waals surface area contributed by atoms with Crippen molar-refractivity contribution >= 4 is 23.1 Å². The molecule has 0 radical (unpaired) electrons. The van der Waals surface area contributed by atoms with E-state index >= 15 is 0 Å². The SMILES string of the molecule is CCCC(C)(c1ccc(Cl)cc1)c1cc(OC(=O)CCCN2CCCC2)c2c(c1)OC(C)(C)C1=C2CN(CCc2ccccc2)CC1. The fourth-order valence-electron chi connectivity index (χ4n) is 7.94. The van der Waals surface area contributed by atoms with Crippen molar-refractivity contribution in [2.24, 2.45) is 0 Å². The molecule has 1 atom stereocenters. The van der Waals surface area contributed by atoms with E-state index in [4.69, 9.17) is 21.1 Å². The third-order valence-electron chi connectivity index (χ3n) is 10.6. The van der Waals surface area contributed by atoms with Crippen molar-refractivity contribution in [3.05, 3.63) is 99.6 Å². The second kappa shape index (κ2) is 14.6. The summed E-state index contributed by atoms with van der Waals surface area (Å²) < 4.78 is 13.3. The van der Waals surface area contributed by atoms with Crippen molar-refractivity contribution < 1.29 is 14.3 Å². The van der Waals surface area contributed by atoms with E-state index in [2.05, 4.69) is 92.1 Å². The van der Waals surface area contributed by atoms with E-state index in [1.165, 1.54) is 35.1 Å². The van der Waals surface area contributed by atoms with Gasteiger partial charge in [-0.3, -0.25) is 9.69 Å². The van der Waals surface area contributed by atoms with E-state index in [0.717, 1.165) is 93.3 Å². The summed E-state index contributed by atoms with van der Waals surface area (Å²) in [5.41, 5.74) is 6.39. The number of ether oxygens (including phenoxy) is 2. The summed E-state index contributed by atoms with van der Waals surface area (Å²) in [6.45, 7) is 14.9. The minimum Gasteiger partial charge on any atom is -0.483 e. The lowest BCUT2D eigenvalue weighted by Gasteiger charge is -2.43. The van der Waals surface area contributed by atoms with Gasteiger partial charge in [0.2, 0.25) is 0 Å². The summed E-state index contributed by atoms with van der Waals surface area (Å²) in [6.07, 6.45) is 7.59. The Morgan fingerprint density at radius 1 is 0.957 bits per heavy atom. The summed E-state index contributed by atoms with van der Waals surface area (Å²) >= 11 is 6.32. The van der Waals surface area contributed by atoms with E-state index in [1.807, 2.05) is 12.1 Å². The fourth-order valence-corrected chi connectivity index (χ4v) is 8.07. The third-order valence-corrected chi connectivity index (χ3v) is 10.8. The predicted molar refractivity (Wildman–Crippen MR) is 193 cm³/mol. The molecule has 47 heavy (non-hydrogen) atoms. The summed E-state index contributed by atoms with van der Waals surface area (Å²) in [5, 5.41) is 0.722. The van der Waals surface area contributed by atoms with Crippen molar-refractivity contribution in [3.8, 4) is 11.5 Å². The van der Waals surface area contributed by atoms with Gasteiger partial charge in [-0.1, -0.05) is 74.3 Å². The zero-order valence-electron chi connectivity index (χ0n) is 28.7. The smallest absolute Gasteiger partial charge is 0.311 e. The standard InChI is InChI=1S/C41H51ClN2O3/c1-5-21-41(4,31-15-17-33(42)18-16-31)32-27-36(46-38(45)14-11-24-43-22-9-10-23-43)39-34-29-44(25-19-30-12-7-6-8-13-30)26-20-35(34)40(2,3)47-37(39)28-32/h6-8,12-13,15-18,27-28H,5,9-11,14,19-26,29H2,1-4H3. The Kier molecular flexibility index (Phi) is 10.5. The maximum atomic E-state index is 13.6. The molecule has 3 aromatic rings. The molecule has 5 nitrogen and oxygen atoms in total. The highest BCUT2D eigenvalue weighted by Crippen LogP contribution is 2.51. The Morgan fingerprint density at radius 3 is 2.43 bits per heavy atom. The van der Waals surface area contributed by atoms with Crippen molar-refractivity contribution in [3.63, 3.8) is 0 Å². The minimum atomic E-state index is -0.453. The summed E-state index contributed by atoms with van der Waals surface area (Å²) in [4.78, 5) is 18.6. The lowest BCUT2D eigenvalue weighted by molar-refractivity contribution is -0.134. The second-order valence-electron chi connectivity index (χ2n) is 14.4. The van der Waals surface area contributed by atoms with Crippen LogP contribution in [0.3, 0.4) is 0 Å². The number of nitrogens with zero attached hydrogens (tertiary/aromatic N) is 2. The molecule has 0 N–H and O–H groups in total. The lowest BCUT2D eigenvalue weighted by atomic mass is 9.72. The first-order valence-corrected chi connectivity index (χ1v) is 18.1. The van der Waals surface area contributed by atoms with Gasteiger partial charge in [0, 0.05) is 36.5 Å². The van der Waals surface area contributed by atoms with E-state index in [9.17, 15) is 4.79 Å². The Bertz CT molecular complexity index is 1580. The van der Waals surface area contributed by atoms with Crippen LogP contribution in [0, 0.1) is 0 Å². The van der Waals surface area contributed by atoms with Gasteiger partial charge in [0.15, 0.2) is 0 Å². The molecule has 3 heterocycles. The van der Waals surface area contributed by atoms with Gasteiger partial charge in [0.05, 0.1) is 5.56 Å². The molecule has 3 aliphatic rings. The number of rotatable bonds is 12. The average Bonchev–Trinajstić information content (AvgIpc) is 3.57. The highest BCUT2D eigenvalue weighted by atomic mass is 35.5. The maximum Gasteiger partial charge on any atom is 0.311 e. The van der Waals surface area contributed by atoms with Gasteiger partial charge in [0.25, 0.3) is 0 Å². The molecule has 250 valence electrons. The Hall–Kier alpha value is -3.12. The monoisotopic (exact) mass is 654 g/mol. The Morgan fingerprint density at radius 2 is 1.70 bits per heavy atom.